The second-order valence-electron chi connectivity index (χ2n) is 6.07. The van der Waals surface area contributed by atoms with E-state index >= 15 is 0 Å². The van der Waals surface area contributed by atoms with Crippen LogP contribution < -0.4 is 10.2 Å². The molecule has 4 nitrogen and oxygen atoms in total. The quantitative estimate of drug-likeness (QED) is 0.902. The Morgan fingerprint density at radius 3 is 2.71 bits per heavy atom. The number of hydrogen-bond acceptors (Lipinski definition) is 4. The molecule has 1 aromatic carbocycles. The average Bonchev–Trinajstić information content (AvgIpc) is 3.37. The van der Waals surface area contributed by atoms with E-state index in [0.29, 0.717) is 12.1 Å². The van der Waals surface area contributed by atoms with Gasteiger partial charge in [0.2, 0.25) is 0 Å². The van der Waals surface area contributed by atoms with Crippen molar-refractivity contribution in [1.29, 1.82) is 5.26 Å². The summed E-state index contributed by atoms with van der Waals surface area (Å²) >= 11 is 0. The number of nitriles is 1. The van der Waals surface area contributed by atoms with Crippen molar-refractivity contribution in [3.05, 3.63) is 29.3 Å². The van der Waals surface area contributed by atoms with Gasteiger partial charge in [-0.3, -0.25) is 0 Å². The standard InChI is InChI=1S/C17H23N3O/c1-20(16-6-8-21-9-7-16)17-5-2-13(10-14(17)11-18)12-19-15-3-4-15/h2,5,10,15-16,19H,3-4,6-9,12H2,1H3. The smallest absolute Gasteiger partial charge is 0.101 e. The van der Waals surface area contributed by atoms with Crippen LogP contribution >= 0.6 is 0 Å². The predicted octanol–water partition coefficient (Wildman–Crippen LogP) is 2.43. The lowest BCUT2D eigenvalue weighted by molar-refractivity contribution is 0.0855. The fourth-order valence-electron chi connectivity index (χ4n) is 2.91. The van der Waals surface area contributed by atoms with Crippen molar-refractivity contribution < 1.29 is 4.74 Å². The van der Waals surface area contributed by atoms with Gasteiger partial charge in [-0.05, 0) is 43.4 Å². The van der Waals surface area contributed by atoms with Gasteiger partial charge in [-0.1, -0.05) is 6.07 Å². The Balaban J connectivity index is 1.72. The number of rotatable bonds is 5. The molecule has 1 N–H and O–H groups in total. The van der Waals surface area contributed by atoms with Gasteiger partial charge in [-0.15, -0.1) is 0 Å². The molecule has 0 spiro atoms. The summed E-state index contributed by atoms with van der Waals surface area (Å²) in [5, 5.41) is 13.0. The van der Waals surface area contributed by atoms with Gasteiger partial charge in [0.1, 0.15) is 6.07 Å². The largest absolute Gasteiger partial charge is 0.381 e. The monoisotopic (exact) mass is 285 g/mol. The highest BCUT2D eigenvalue weighted by Crippen LogP contribution is 2.26. The molecule has 1 saturated heterocycles. The molecule has 2 aliphatic rings. The summed E-state index contributed by atoms with van der Waals surface area (Å²) in [7, 11) is 2.09. The molecule has 2 fully saturated rings. The van der Waals surface area contributed by atoms with Gasteiger partial charge in [-0.25, -0.2) is 0 Å². The van der Waals surface area contributed by atoms with Gasteiger partial charge in [0.05, 0.1) is 11.3 Å². The van der Waals surface area contributed by atoms with Crippen LogP contribution in [-0.4, -0.2) is 32.3 Å². The zero-order chi connectivity index (χ0) is 14.7. The van der Waals surface area contributed by atoms with Crippen LogP contribution in [0.5, 0.6) is 0 Å². The number of nitrogens with one attached hydrogen (secondary N) is 1. The number of nitrogens with zero attached hydrogens (tertiary/aromatic N) is 2. The first-order valence-electron chi connectivity index (χ1n) is 7.85. The summed E-state index contributed by atoms with van der Waals surface area (Å²) in [6.07, 6.45) is 4.64. The highest BCUT2D eigenvalue weighted by Gasteiger charge is 2.22. The molecular formula is C17H23N3O. The Morgan fingerprint density at radius 2 is 2.05 bits per heavy atom. The van der Waals surface area contributed by atoms with Crippen LogP contribution in [0.3, 0.4) is 0 Å². The number of benzene rings is 1. The van der Waals surface area contributed by atoms with Gasteiger partial charge < -0.3 is 15.0 Å². The highest BCUT2D eigenvalue weighted by atomic mass is 16.5. The Bertz CT molecular complexity index is 527. The van der Waals surface area contributed by atoms with Gasteiger partial charge in [0.25, 0.3) is 0 Å². The zero-order valence-electron chi connectivity index (χ0n) is 12.6. The molecule has 0 unspecified atom stereocenters. The maximum Gasteiger partial charge on any atom is 0.101 e. The molecule has 0 amide bonds. The first-order chi connectivity index (χ1) is 10.3. The minimum atomic E-state index is 0.473. The van der Waals surface area contributed by atoms with E-state index in [-0.39, 0.29) is 0 Å². The number of hydrogen-bond donors (Lipinski definition) is 1. The van der Waals surface area contributed by atoms with Crippen molar-refractivity contribution in [2.45, 2.75) is 44.3 Å². The summed E-state index contributed by atoms with van der Waals surface area (Å²) in [6, 6.07) is 9.79. The molecule has 0 bridgehead atoms. The fourth-order valence-corrected chi connectivity index (χ4v) is 2.91. The van der Waals surface area contributed by atoms with E-state index in [1.165, 1.54) is 18.4 Å². The van der Waals surface area contributed by atoms with E-state index in [0.717, 1.165) is 43.9 Å². The SMILES string of the molecule is CN(c1ccc(CNC2CC2)cc1C#N)C1CCOCC1. The summed E-state index contributed by atoms with van der Waals surface area (Å²) in [4.78, 5) is 2.25. The van der Waals surface area contributed by atoms with Crippen LogP contribution in [0.25, 0.3) is 0 Å². The predicted molar refractivity (Wildman–Crippen MR) is 83.3 cm³/mol. The lowest BCUT2D eigenvalue weighted by Gasteiger charge is -2.33. The molecule has 0 aromatic heterocycles. The van der Waals surface area contributed by atoms with Crippen molar-refractivity contribution >= 4 is 5.69 Å². The van der Waals surface area contributed by atoms with Crippen molar-refractivity contribution in [3.8, 4) is 6.07 Å². The van der Waals surface area contributed by atoms with E-state index in [4.69, 9.17) is 4.74 Å². The van der Waals surface area contributed by atoms with E-state index < -0.39 is 0 Å². The van der Waals surface area contributed by atoms with Crippen LogP contribution in [0.15, 0.2) is 18.2 Å². The molecule has 3 rings (SSSR count). The molecule has 1 saturated carbocycles. The second kappa shape index (κ2) is 6.46. The maximum absolute atomic E-state index is 9.46. The van der Waals surface area contributed by atoms with Crippen LogP contribution in [0.2, 0.25) is 0 Å². The second-order valence-corrected chi connectivity index (χ2v) is 6.07. The summed E-state index contributed by atoms with van der Waals surface area (Å²) in [6.45, 7) is 2.50. The van der Waals surface area contributed by atoms with E-state index in [1.807, 2.05) is 6.07 Å². The molecule has 21 heavy (non-hydrogen) atoms. The van der Waals surface area contributed by atoms with Gasteiger partial charge in [-0.2, -0.15) is 5.26 Å². The Hall–Kier alpha value is -1.57. The van der Waals surface area contributed by atoms with Crippen LogP contribution in [-0.2, 0) is 11.3 Å². The first-order valence-corrected chi connectivity index (χ1v) is 7.85. The first kappa shape index (κ1) is 14.4. The molecule has 1 aromatic rings. The normalized spacial score (nSPS) is 19.2. The third-order valence-electron chi connectivity index (χ3n) is 4.47. The Morgan fingerprint density at radius 1 is 1.29 bits per heavy atom. The summed E-state index contributed by atoms with van der Waals surface area (Å²) in [5.41, 5.74) is 3.02. The van der Waals surface area contributed by atoms with Crippen LogP contribution in [0, 0.1) is 11.3 Å². The number of anilines is 1. The third kappa shape index (κ3) is 3.55. The molecule has 1 aliphatic carbocycles. The third-order valence-corrected chi connectivity index (χ3v) is 4.47. The van der Waals surface area contributed by atoms with Crippen molar-refractivity contribution in [3.63, 3.8) is 0 Å². The van der Waals surface area contributed by atoms with Crippen LogP contribution in [0.4, 0.5) is 5.69 Å². The average molecular weight is 285 g/mol. The van der Waals surface area contributed by atoms with Gasteiger partial charge in [0, 0.05) is 38.9 Å². The molecular weight excluding hydrogens is 262 g/mol. The molecule has 1 heterocycles. The molecule has 0 radical (unpaired) electrons. The minimum Gasteiger partial charge on any atom is -0.381 e. The lowest BCUT2D eigenvalue weighted by Crippen LogP contribution is -2.37. The zero-order valence-corrected chi connectivity index (χ0v) is 12.6. The minimum absolute atomic E-state index is 0.473. The van der Waals surface area contributed by atoms with Crippen molar-refractivity contribution in [2.75, 3.05) is 25.2 Å². The van der Waals surface area contributed by atoms with E-state index in [1.54, 1.807) is 0 Å². The molecule has 1 aliphatic heterocycles. The Kier molecular flexibility index (Phi) is 4.42. The van der Waals surface area contributed by atoms with Crippen molar-refractivity contribution in [1.82, 2.24) is 5.32 Å². The summed E-state index contributed by atoms with van der Waals surface area (Å²) in [5.74, 6) is 0. The summed E-state index contributed by atoms with van der Waals surface area (Å²) < 4.78 is 5.42. The van der Waals surface area contributed by atoms with E-state index in [2.05, 4.69) is 35.5 Å². The van der Waals surface area contributed by atoms with Gasteiger partial charge in [0.15, 0.2) is 0 Å². The topological polar surface area (TPSA) is 48.3 Å². The van der Waals surface area contributed by atoms with E-state index in [9.17, 15) is 5.26 Å². The fraction of sp³-hybridized carbons (Fsp3) is 0.588. The van der Waals surface area contributed by atoms with Gasteiger partial charge >= 0.3 is 0 Å². The lowest BCUT2D eigenvalue weighted by atomic mass is 10.0. The highest BCUT2D eigenvalue weighted by molar-refractivity contribution is 5.60. The molecule has 112 valence electrons. The Labute approximate surface area is 126 Å². The molecule has 4 heteroatoms. The maximum atomic E-state index is 9.46. The molecule has 0 atom stereocenters. The van der Waals surface area contributed by atoms with Crippen molar-refractivity contribution in [2.24, 2.45) is 0 Å². The number of ether oxygens (including phenoxy) is 1. The van der Waals surface area contributed by atoms with Crippen LogP contribution in [0.1, 0.15) is 36.8 Å².